The molecule has 0 aromatic heterocycles. The Hall–Kier alpha value is -0.660. The second kappa shape index (κ2) is 6.62. The molecule has 0 saturated carbocycles. The number of sulfone groups is 1. The summed E-state index contributed by atoms with van der Waals surface area (Å²) in [7, 11) is -1.30. The molecule has 2 rings (SSSR count). The highest BCUT2D eigenvalue weighted by Gasteiger charge is 2.47. The summed E-state index contributed by atoms with van der Waals surface area (Å²) in [6.07, 6.45) is 4.05. The van der Waals surface area contributed by atoms with Gasteiger partial charge in [0.05, 0.1) is 17.8 Å². The minimum atomic E-state index is -2.94. The lowest BCUT2D eigenvalue weighted by atomic mass is 9.78. The van der Waals surface area contributed by atoms with E-state index in [-0.39, 0.29) is 17.1 Å². The van der Waals surface area contributed by atoms with Gasteiger partial charge < -0.3 is 14.5 Å². The zero-order chi connectivity index (χ0) is 15.5. The Morgan fingerprint density at radius 3 is 2.67 bits per heavy atom. The van der Waals surface area contributed by atoms with E-state index in [1.165, 1.54) is 6.26 Å². The first kappa shape index (κ1) is 16.7. The van der Waals surface area contributed by atoms with Crippen LogP contribution in [0.2, 0.25) is 0 Å². The molecule has 122 valence electrons. The predicted molar refractivity (Wildman–Crippen MR) is 80.9 cm³/mol. The first-order valence-electron chi connectivity index (χ1n) is 7.55. The minimum absolute atomic E-state index is 0.171. The van der Waals surface area contributed by atoms with E-state index in [4.69, 9.17) is 4.74 Å². The normalized spacial score (nSPS) is 27.7. The molecule has 7 heteroatoms. The van der Waals surface area contributed by atoms with E-state index in [0.29, 0.717) is 26.2 Å². The fourth-order valence-corrected chi connectivity index (χ4v) is 3.98. The zero-order valence-electron chi connectivity index (χ0n) is 13.0. The standard InChI is InChI=1S/C14H26N2O4S/c1-20-10-8-16-6-3-4-14(13(16)17)5-7-15(12-14)9-11-21(2,18)19/h3-12H2,1-2H3/t14-/m1/s1. The molecule has 2 heterocycles. The summed E-state index contributed by atoms with van der Waals surface area (Å²) in [5.41, 5.74) is -0.288. The molecule has 0 radical (unpaired) electrons. The van der Waals surface area contributed by atoms with E-state index in [1.807, 2.05) is 4.90 Å². The molecular weight excluding hydrogens is 292 g/mol. The number of amides is 1. The van der Waals surface area contributed by atoms with Crippen LogP contribution in [0.5, 0.6) is 0 Å². The number of rotatable bonds is 6. The Morgan fingerprint density at radius 2 is 2.00 bits per heavy atom. The molecule has 0 aromatic rings. The van der Waals surface area contributed by atoms with Crippen LogP contribution >= 0.6 is 0 Å². The summed E-state index contributed by atoms with van der Waals surface area (Å²) >= 11 is 0. The third-order valence-corrected chi connectivity index (χ3v) is 5.52. The fraction of sp³-hybridized carbons (Fsp3) is 0.929. The maximum atomic E-state index is 12.7. The average molecular weight is 318 g/mol. The Balaban J connectivity index is 1.94. The van der Waals surface area contributed by atoms with Crippen molar-refractivity contribution in [2.75, 3.05) is 58.4 Å². The van der Waals surface area contributed by atoms with Gasteiger partial charge in [0.15, 0.2) is 0 Å². The van der Waals surface area contributed by atoms with Gasteiger partial charge in [0, 0.05) is 39.5 Å². The quantitative estimate of drug-likeness (QED) is 0.689. The lowest BCUT2D eigenvalue weighted by Crippen LogP contribution is -2.51. The van der Waals surface area contributed by atoms with Crippen molar-refractivity contribution in [3.05, 3.63) is 0 Å². The van der Waals surface area contributed by atoms with E-state index in [9.17, 15) is 13.2 Å². The van der Waals surface area contributed by atoms with Crippen LogP contribution in [0.4, 0.5) is 0 Å². The van der Waals surface area contributed by atoms with Crippen molar-refractivity contribution in [2.24, 2.45) is 5.41 Å². The van der Waals surface area contributed by atoms with E-state index < -0.39 is 9.84 Å². The molecule has 2 saturated heterocycles. The molecule has 2 aliphatic rings. The fourth-order valence-electron chi connectivity index (χ4n) is 3.39. The van der Waals surface area contributed by atoms with Crippen LogP contribution in [0.15, 0.2) is 0 Å². The van der Waals surface area contributed by atoms with Gasteiger partial charge in [0.25, 0.3) is 0 Å². The van der Waals surface area contributed by atoms with Crippen molar-refractivity contribution in [1.82, 2.24) is 9.80 Å². The molecule has 0 aliphatic carbocycles. The molecule has 6 nitrogen and oxygen atoms in total. The number of hydrogen-bond acceptors (Lipinski definition) is 5. The number of hydrogen-bond donors (Lipinski definition) is 0. The third-order valence-electron chi connectivity index (χ3n) is 4.60. The summed E-state index contributed by atoms with van der Waals surface area (Å²) in [4.78, 5) is 16.8. The van der Waals surface area contributed by atoms with Crippen LogP contribution in [0.25, 0.3) is 0 Å². The number of methoxy groups -OCH3 is 1. The highest BCUT2D eigenvalue weighted by molar-refractivity contribution is 7.90. The third kappa shape index (κ3) is 4.17. The second-order valence-electron chi connectivity index (χ2n) is 6.32. The van der Waals surface area contributed by atoms with Gasteiger partial charge in [0.1, 0.15) is 9.84 Å². The van der Waals surface area contributed by atoms with Crippen LogP contribution in [0, 0.1) is 5.41 Å². The van der Waals surface area contributed by atoms with E-state index in [2.05, 4.69) is 4.90 Å². The topological polar surface area (TPSA) is 66.9 Å². The Bertz CT molecular complexity index is 479. The Morgan fingerprint density at radius 1 is 1.24 bits per heavy atom. The summed E-state index contributed by atoms with van der Waals surface area (Å²) in [6.45, 7) is 4.09. The monoisotopic (exact) mass is 318 g/mol. The van der Waals surface area contributed by atoms with Crippen LogP contribution in [0.1, 0.15) is 19.3 Å². The molecule has 0 aromatic carbocycles. The number of ether oxygens (including phenoxy) is 1. The molecule has 1 amide bonds. The zero-order valence-corrected chi connectivity index (χ0v) is 13.8. The highest BCUT2D eigenvalue weighted by atomic mass is 32.2. The molecule has 1 atom stereocenters. The average Bonchev–Trinajstić information content (AvgIpc) is 2.82. The summed E-state index contributed by atoms with van der Waals surface area (Å²) in [5, 5.41) is 0. The first-order chi connectivity index (χ1) is 9.86. The van der Waals surface area contributed by atoms with Crippen molar-refractivity contribution < 1.29 is 17.9 Å². The van der Waals surface area contributed by atoms with Gasteiger partial charge in [-0.25, -0.2) is 8.42 Å². The number of likely N-dealkylation sites (tertiary alicyclic amines) is 2. The van der Waals surface area contributed by atoms with Crippen LogP contribution < -0.4 is 0 Å². The van der Waals surface area contributed by atoms with Gasteiger partial charge in [-0.3, -0.25) is 4.79 Å². The van der Waals surface area contributed by atoms with Crippen LogP contribution in [-0.4, -0.2) is 82.6 Å². The molecule has 2 aliphatic heterocycles. The van der Waals surface area contributed by atoms with E-state index >= 15 is 0 Å². The smallest absolute Gasteiger partial charge is 0.230 e. The lowest BCUT2D eigenvalue weighted by Gasteiger charge is -2.39. The molecule has 0 unspecified atom stereocenters. The lowest BCUT2D eigenvalue weighted by molar-refractivity contribution is -0.146. The second-order valence-corrected chi connectivity index (χ2v) is 8.58. The number of carbonyl (C=O) groups is 1. The van der Waals surface area contributed by atoms with Gasteiger partial charge in [0.2, 0.25) is 5.91 Å². The molecule has 2 fully saturated rings. The van der Waals surface area contributed by atoms with Gasteiger partial charge in [-0.05, 0) is 25.8 Å². The number of nitrogens with zero attached hydrogens (tertiary/aromatic N) is 2. The Kier molecular flexibility index (Phi) is 5.27. The molecule has 1 spiro atoms. The van der Waals surface area contributed by atoms with Crippen LogP contribution in [0.3, 0.4) is 0 Å². The Labute approximate surface area is 127 Å². The summed E-state index contributed by atoms with van der Waals surface area (Å²) < 4.78 is 27.6. The summed E-state index contributed by atoms with van der Waals surface area (Å²) in [5.74, 6) is 0.401. The van der Waals surface area contributed by atoms with Crippen molar-refractivity contribution in [3.63, 3.8) is 0 Å². The maximum Gasteiger partial charge on any atom is 0.230 e. The molecule has 0 N–H and O–H groups in total. The maximum absolute atomic E-state index is 12.7. The van der Waals surface area contributed by atoms with Crippen molar-refractivity contribution >= 4 is 15.7 Å². The number of piperidine rings is 1. The van der Waals surface area contributed by atoms with E-state index in [0.717, 1.165) is 32.4 Å². The highest BCUT2D eigenvalue weighted by Crippen LogP contribution is 2.39. The predicted octanol–water partition coefficient (Wildman–Crippen LogP) is -0.00810. The van der Waals surface area contributed by atoms with Gasteiger partial charge in [-0.2, -0.15) is 0 Å². The molecule has 21 heavy (non-hydrogen) atoms. The van der Waals surface area contributed by atoms with Gasteiger partial charge in [-0.1, -0.05) is 0 Å². The van der Waals surface area contributed by atoms with Crippen molar-refractivity contribution in [3.8, 4) is 0 Å². The van der Waals surface area contributed by atoms with Crippen LogP contribution in [-0.2, 0) is 19.4 Å². The molecular formula is C14H26N2O4S. The minimum Gasteiger partial charge on any atom is -0.383 e. The first-order valence-corrected chi connectivity index (χ1v) is 9.61. The van der Waals surface area contributed by atoms with Gasteiger partial charge in [-0.15, -0.1) is 0 Å². The SMILES string of the molecule is COCCN1CCC[C@]2(CCN(CCS(C)(=O)=O)C2)C1=O. The molecule has 0 bridgehead atoms. The summed E-state index contributed by atoms with van der Waals surface area (Å²) in [6, 6.07) is 0. The van der Waals surface area contributed by atoms with E-state index in [1.54, 1.807) is 7.11 Å². The van der Waals surface area contributed by atoms with Crippen molar-refractivity contribution in [1.29, 1.82) is 0 Å². The largest absolute Gasteiger partial charge is 0.383 e. The van der Waals surface area contributed by atoms with Crippen molar-refractivity contribution in [2.45, 2.75) is 19.3 Å². The number of carbonyl (C=O) groups excluding carboxylic acids is 1. The van der Waals surface area contributed by atoms with Gasteiger partial charge >= 0.3 is 0 Å².